The van der Waals surface area contributed by atoms with Crippen molar-refractivity contribution in [3.63, 3.8) is 0 Å². The molecule has 0 aliphatic heterocycles. The van der Waals surface area contributed by atoms with Crippen molar-refractivity contribution in [3.05, 3.63) is 0 Å². The van der Waals surface area contributed by atoms with Crippen LogP contribution in [-0.4, -0.2) is 22.7 Å². The van der Waals surface area contributed by atoms with E-state index in [1.807, 2.05) is 13.8 Å². The van der Waals surface area contributed by atoms with Crippen molar-refractivity contribution in [2.24, 2.45) is 5.92 Å². The summed E-state index contributed by atoms with van der Waals surface area (Å²) in [5, 5.41) is 7.98. The fraction of sp³-hybridized carbons (Fsp3) is 0.857. The molecule has 0 amide bonds. The third-order valence-corrected chi connectivity index (χ3v) is 2.23. The Morgan fingerprint density at radius 2 is 1.91 bits per heavy atom. The minimum absolute atomic E-state index is 0.214. The highest BCUT2D eigenvalue weighted by atomic mass is 35.5. The summed E-state index contributed by atoms with van der Waals surface area (Å²) in [6, 6.07) is 0. The first-order valence-electron chi connectivity index (χ1n) is 3.48. The number of carboxylic acid groups (broad SMARTS) is 1. The SMILES string of the molecule is CC(C)C(Cl)C(C)OC(=O)O. The van der Waals surface area contributed by atoms with Crippen LogP contribution in [0.3, 0.4) is 0 Å². The Morgan fingerprint density at radius 3 is 2.18 bits per heavy atom. The highest BCUT2D eigenvalue weighted by molar-refractivity contribution is 6.21. The molecule has 0 heterocycles. The minimum atomic E-state index is -1.27. The van der Waals surface area contributed by atoms with Gasteiger partial charge in [-0.2, -0.15) is 0 Å². The fourth-order valence-electron chi connectivity index (χ4n) is 0.766. The summed E-state index contributed by atoms with van der Waals surface area (Å²) in [6.07, 6.45) is -1.72. The molecule has 2 atom stereocenters. The van der Waals surface area contributed by atoms with Gasteiger partial charge in [0.2, 0.25) is 0 Å². The predicted molar refractivity (Wildman–Crippen MR) is 43.1 cm³/mol. The number of hydrogen-bond donors (Lipinski definition) is 1. The van der Waals surface area contributed by atoms with Gasteiger partial charge in [0.05, 0.1) is 5.38 Å². The van der Waals surface area contributed by atoms with Crippen LogP contribution < -0.4 is 0 Å². The van der Waals surface area contributed by atoms with Crippen LogP contribution in [0.15, 0.2) is 0 Å². The molecule has 0 saturated carbocycles. The first kappa shape index (κ1) is 10.6. The molecule has 4 heteroatoms. The van der Waals surface area contributed by atoms with Gasteiger partial charge in [-0.05, 0) is 12.8 Å². The van der Waals surface area contributed by atoms with E-state index in [0.717, 1.165) is 0 Å². The molecule has 0 spiro atoms. The van der Waals surface area contributed by atoms with E-state index in [-0.39, 0.29) is 11.3 Å². The van der Waals surface area contributed by atoms with Crippen LogP contribution in [0.5, 0.6) is 0 Å². The third kappa shape index (κ3) is 4.09. The topological polar surface area (TPSA) is 46.5 Å². The van der Waals surface area contributed by atoms with E-state index in [0.29, 0.717) is 0 Å². The fourth-order valence-corrected chi connectivity index (χ4v) is 0.817. The zero-order valence-corrected chi connectivity index (χ0v) is 7.63. The summed E-state index contributed by atoms with van der Waals surface area (Å²) in [5.41, 5.74) is 0. The van der Waals surface area contributed by atoms with Crippen LogP contribution in [0.25, 0.3) is 0 Å². The van der Waals surface area contributed by atoms with Crippen molar-refractivity contribution < 1.29 is 14.6 Å². The molecule has 0 rings (SSSR count). The van der Waals surface area contributed by atoms with Gasteiger partial charge in [0.15, 0.2) is 0 Å². The number of halogens is 1. The Kier molecular flexibility index (Phi) is 4.26. The van der Waals surface area contributed by atoms with E-state index in [1.165, 1.54) is 0 Å². The minimum Gasteiger partial charge on any atom is -0.450 e. The van der Waals surface area contributed by atoms with E-state index in [4.69, 9.17) is 16.7 Å². The second-order valence-corrected chi connectivity index (χ2v) is 3.28. The quantitative estimate of drug-likeness (QED) is 0.536. The van der Waals surface area contributed by atoms with Crippen molar-refractivity contribution in [1.82, 2.24) is 0 Å². The first-order valence-corrected chi connectivity index (χ1v) is 3.92. The Bertz CT molecular complexity index is 136. The normalized spacial score (nSPS) is 16.1. The average molecular weight is 181 g/mol. The van der Waals surface area contributed by atoms with Gasteiger partial charge in [0.1, 0.15) is 6.10 Å². The highest BCUT2D eigenvalue weighted by Crippen LogP contribution is 2.16. The molecule has 0 bridgehead atoms. The molecule has 0 aromatic heterocycles. The Hall–Kier alpha value is -0.440. The lowest BCUT2D eigenvalue weighted by Crippen LogP contribution is -2.27. The molecule has 66 valence electrons. The molecular formula is C7H13ClO3. The average Bonchev–Trinajstić information content (AvgIpc) is 1.84. The molecule has 2 unspecified atom stereocenters. The lowest BCUT2D eigenvalue weighted by Gasteiger charge is -2.19. The molecule has 11 heavy (non-hydrogen) atoms. The summed E-state index contributed by atoms with van der Waals surface area (Å²) in [4.78, 5) is 10.1. The second-order valence-electron chi connectivity index (χ2n) is 2.78. The van der Waals surface area contributed by atoms with Gasteiger partial charge in [-0.3, -0.25) is 0 Å². The summed E-state index contributed by atoms with van der Waals surface area (Å²) in [7, 11) is 0. The molecule has 0 aromatic carbocycles. The monoisotopic (exact) mass is 180 g/mol. The smallest absolute Gasteiger partial charge is 0.450 e. The third-order valence-electron chi connectivity index (χ3n) is 1.37. The number of ether oxygens (including phenoxy) is 1. The van der Waals surface area contributed by atoms with Crippen LogP contribution in [0.1, 0.15) is 20.8 Å². The van der Waals surface area contributed by atoms with Crippen molar-refractivity contribution in [2.75, 3.05) is 0 Å². The van der Waals surface area contributed by atoms with Gasteiger partial charge < -0.3 is 9.84 Å². The van der Waals surface area contributed by atoms with E-state index < -0.39 is 12.3 Å². The van der Waals surface area contributed by atoms with Gasteiger partial charge in [-0.25, -0.2) is 4.79 Å². The van der Waals surface area contributed by atoms with Crippen LogP contribution in [0.2, 0.25) is 0 Å². The van der Waals surface area contributed by atoms with Crippen LogP contribution in [-0.2, 0) is 4.74 Å². The molecular weight excluding hydrogens is 168 g/mol. The highest BCUT2D eigenvalue weighted by Gasteiger charge is 2.21. The molecule has 0 saturated heterocycles. The second kappa shape index (κ2) is 4.44. The van der Waals surface area contributed by atoms with E-state index in [2.05, 4.69) is 4.74 Å². The summed E-state index contributed by atoms with van der Waals surface area (Å²) in [5.74, 6) is 0.214. The number of rotatable bonds is 3. The van der Waals surface area contributed by atoms with Crippen molar-refractivity contribution >= 4 is 17.8 Å². The lowest BCUT2D eigenvalue weighted by atomic mass is 10.1. The van der Waals surface area contributed by atoms with Gasteiger partial charge in [0.25, 0.3) is 0 Å². The number of hydrogen-bond acceptors (Lipinski definition) is 2. The standard InChI is InChI=1S/C7H13ClO3/c1-4(2)6(8)5(3)11-7(9)10/h4-6H,1-3H3,(H,9,10). The van der Waals surface area contributed by atoms with Gasteiger partial charge in [0, 0.05) is 0 Å². The van der Waals surface area contributed by atoms with Gasteiger partial charge in [-0.15, -0.1) is 11.6 Å². The summed E-state index contributed by atoms with van der Waals surface area (Å²) < 4.78 is 4.46. The van der Waals surface area contributed by atoms with Crippen LogP contribution in [0.4, 0.5) is 4.79 Å². The van der Waals surface area contributed by atoms with Crippen LogP contribution >= 0.6 is 11.6 Å². The molecule has 3 nitrogen and oxygen atoms in total. The molecule has 0 fully saturated rings. The maximum absolute atomic E-state index is 10.1. The first-order chi connectivity index (χ1) is 4.95. The van der Waals surface area contributed by atoms with Gasteiger partial charge in [-0.1, -0.05) is 13.8 Å². The van der Waals surface area contributed by atoms with E-state index in [1.54, 1.807) is 6.92 Å². The maximum Gasteiger partial charge on any atom is 0.506 e. The van der Waals surface area contributed by atoms with E-state index >= 15 is 0 Å². The summed E-state index contributed by atoms with van der Waals surface area (Å²) in [6.45, 7) is 5.48. The molecule has 0 aromatic rings. The molecule has 1 N–H and O–H groups in total. The summed E-state index contributed by atoms with van der Waals surface area (Å²) >= 11 is 5.82. The zero-order valence-electron chi connectivity index (χ0n) is 6.87. The maximum atomic E-state index is 10.1. The van der Waals surface area contributed by atoms with Gasteiger partial charge >= 0.3 is 6.16 Å². The van der Waals surface area contributed by atoms with E-state index in [9.17, 15) is 4.79 Å². The number of carbonyl (C=O) groups is 1. The predicted octanol–water partition coefficient (Wildman–Crippen LogP) is 2.33. The van der Waals surface area contributed by atoms with Crippen molar-refractivity contribution in [2.45, 2.75) is 32.3 Å². The Labute approximate surface area is 71.3 Å². The van der Waals surface area contributed by atoms with Crippen LogP contribution in [0, 0.1) is 5.92 Å². The molecule has 0 aliphatic carbocycles. The van der Waals surface area contributed by atoms with Crippen molar-refractivity contribution in [1.29, 1.82) is 0 Å². The largest absolute Gasteiger partial charge is 0.506 e. The Morgan fingerprint density at radius 1 is 1.45 bits per heavy atom. The Balaban J connectivity index is 3.82. The zero-order chi connectivity index (χ0) is 9.02. The van der Waals surface area contributed by atoms with Crippen molar-refractivity contribution in [3.8, 4) is 0 Å². The lowest BCUT2D eigenvalue weighted by molar-refractivity contribution is 0.0528. The molecule has 0 radical (unpaired) electrons. The number of alkyl halides is 1. The molecule has 0 aliphatic rings.